The molecular weight excluding hydrogens is 202 g/mol. The Kier molecular flexibility index (Phi) is 6.46. The van der Waals surface area contributed by atoms with E-state index in [9.17, 15) is 4.79 Å². The van der Waals surface area contributed by atoms with Crippen molar-refractivity contribution in [3.63, 3.8) is 0 Å². The van der Waals surface area contributed by atoms with E-state index >= 15 is 0 Å². The van der Waals surface area contributed by atoms with Gasteiger partial charge >= 0.3 is 5.97 Å². The summed E-state index contributed by atoms with van der Waals surface area (Å²) < 4.78 is 4.72. The molecule has 1 aliphatic rings. The number of hydrogen-bond donors (Lipinski definition) is 1. The van der Waals surface area contributed by atoms with Crippen molar-refractivity contribution in [2.24, 2.45) is 5.92 Å². The standard InChI is InChI=1S/C13H25NO2/c1-11(13(15)16-2)10-14-12-8-6-4-3-5-7-9-12/h11-12,14H,3-10H2,1-2H3/t11-/m1/s1. The summed E-state index contributed by atoms with van der Waals surface area (Å²) in [4.78, 5) is 11.2. The number of carbonyl (C=O) groups excluding carboxylic acids is 1. The predicted molar refractivity (Wildman–Crippen MR) is 65.3 cm³/mol. The fourth-order valence-corrected chi connectivity index (χ4v) is 2.29. The van der Waals surface area contributed by atoms with Crippen LogP contribution in [0.5, 0.6) is 0 Å². The van der Waals surface area contributed by atoms with Crippen LogP contribution in [0.3, 0.4) is 0 Å². The molecule has 0 radical (unpaired) electrons. The van der Waals surface area contributed by atoms with Crippen molar-refractivity contribution in [2.45, 2.75) is 57.9 Å². The summed E-state index contributed by atoms with van der Waals surface area (Å²) in [6.45, 7) is 2.67. The highest BCUT2D eigenvalue weighted by molar-refractivity contribution is 5.72. The highest BCUT2D eigenvalue weighted by Crippen LogP contribution is 2.17. The zero-order chi connectivity index (χ0) is 11.8. The maximum absolute atomic E-state index is 11.2. The molecule has 0 saturated heterocycles. The monoisotopic (exact) mass is 227 g/mol. The Morgan fingerprint density at radius 1 is 1.25 bits per heavy atom. The van der Waals surface area contributed by atoms with E-state index in [0.717, 1.165) is 6.54 Å². The van der Waals surface area contributed by atoms with E-state index in [4.69, 9.17) is 4.74 Å². The summed E-state index contributed by atoms with van der Waals surface area (Å²) in [7, 11) is 1.45. The van der Waals surface area contributed by atoms with Crippen molar-refractivity contribution in [2.75, 3.05) is 13.7 Å². The van der Waals surface area contributed by atoms with Gasteiger partial charge in [-0.1, -0.05) is 39.0 Å². The maximum Gasteiger partial charge on any atom is 0.309 e. The summed E-state index contributed by atoms with van der Waals surface area (Å²) >= 11 is 0. The van der Waals surface area contributed by atoms with E-state index in [1.165, 1.54) is 52.1 Å². The van der Waals surface area contributed by atoms with Gasteiger partial charge in [0.2, 0.25) is 0 Å². The first-order valence-corrected chi connectivity index (χ1v) is 6.55. The minimum atomic E-state index is -0.113. The van der Waals surface area contributed by atoms with E-state index in [2.05, 4.69) is 5.32 Å². The number of nitrogens with one attached hydrogen (secondary N) is 1. The third-order valence-electron chi connectivity index (χ3n) is 3.42. The molecule has 1 atom stereocenters. The molecule has 0 amide bonds. The lowest BCUT2D eigenvalue weighted by atomic mass is 9.96. The van der Waals surface area contributed by atoms with Gasteiger partial charge in [-0.05, 0) is 12.8 Å². The third-order valence-corrected chi connectivity index (χ3v) is 3.42. The van der Waals surface area contributed by atoms with Crippen LogP contribution in [0, 0.1) is 5.92 Å². The van der Waals surface area contributed by atoms with E-state index in [1.807, 2.05) is 6.92 Å². The normalized spacial score (nSPS) is 20.9. The van der Waals surface area contributed by atoms with Crippen LogP contribution < -0.4 is 5.32 Å². The Morgan fingerprint density at radius 2 is 1.81 bits per heavy atom. The Labute approximate surface area is 98.9 Å². The van der Waals surface area contributed by atoms with Crippen molar-refractivity contribution in [1.82, 2.24) is 5.32 Å². The van der Waals surface area contributed by atoms with E-state index in [1.54, 1.807) is 0 Å². The van der Waals surface area contributed by atoms with E-state index < -0.39 is 0 Å². The topological polar surface area (TPSA) is 38.3 Å². The molecule has 0 spiro atoms. The van der Waals surface area contributed by atoms with Gasteiger partial charge in [-0.25, -0.2) is 0 Å². The first-order valence-electron chi connectivity index (χ1n) is 6.55. The molecule has 0 aliphatic heterocycles. The van der Waals surface area contributed by atoms with Gasteiger partial charge in [-0.15, -0.1) is 0 Å². The Bertz CT molecular complexity index is 198. The third kappa shape index (κ3) is 4.97. The lowest BCUT2D eigenvalue weighted by Crippen LogP contribution is -2.35. The number of hydrogen-bond acceptors (Lipinski definition) is 3. The number of esters is 1. The molecule has 1 N–H and O–H groups in total. The van der Waals surface area contributed by atoms with Gasteiger partial charge in [-0.3, -0.25) is 4.79 Å². The fraction of sp³-hybridized carbons (Fsp3) is 0.923. The minimum absolute atomic E-state index is 0.0320. The average molecular weight is 227 g/mol. The van der Waals surface area contributed by atoms with Crippen LogP contribution in [0.25, 0.3) is 0 Å². The highest BCUT2D eigenvalue weighted by Gasteiger charge is 2.16. The quantitative estimate of drug-likeness (QED) is 0.750. The number of methoxy groups -OCH3 is 1. The Balaban J connectivity index is 2.21. The molecule has 94 valence electrons. The Morgan fingerprint density at radius 3 is 2.38 bits per heavy atom. The van der Waals surface area contributed by atoms with Gasteiger partial charge in [-0.2, -0.15) is 0 Å². The van der Waals surface area contributed by atoms with Gasteiger partial charge < -0.3 is 10.1 Å². The molecule has 3 heteroatoms. The summed E-state index contributed by atoms with van der Waals surface area (Å²) in [5.41, 5.74) is 0. The van der Waals surface area contributed by atoms with Crippen LogP contribution in [0.1, 0.15) is 51.9 Å². The second kappa shape index (κ2) is 7.66. The summed E-state index contributed by atoms with van der Waals surface area (Å²) in [5, 5.41) is 3.50. The first kappa shape index (κ1) is 13.5. The van der Waals surface area contributed by atoms with Crippen LogP contribution in [0.4, 0.5) is 0 Å². The second-order valence-corrected chi connectivity index (χ2v) is 4.87. The molecule has 0 aromatic heterocycles. The van der Waals surface area contributed by atoms with Gasteiger partial charge in [0.05, 0.1) is 13.0 Å². The average Bonchev–Trinajstić information content (AvgIpc) is 2.26. The van der Waals surface area contributed by atoms with Crippen molar-refractivity contribution in [1.29, 1.82) is 0 Å². The molecule has 1 fully saturated rings. The molecular formula is C13H25NO2. The van der Waals surface area contributed by atoms with Crippen LogP contribution in [0.2, 0.25) is 0 Å². The van der Waals surface area contributed by atoms with Crippen molar-refractivity contribution in [3.8, 4) is 0 Å². The summed E-state index contributed by atoms with van der Waals surface area (Å²) in [5.74, 6) is -0.145. The van der Waals surface area contributed by atoms with Gasteiger partial charge in [0.25, 0.3) is 0 Å². The summed E-state index contributed by atoms with van der Waals surface area (Å²) in [6, 6.07) is 0.604. The highest BCUT2D eigenvalue weighted by atomic mass is 16.5. The minimum Gasteiger partial charge on any atom is -0.469 e. The van der Waals surface area contributed by atoms with Crippen LogP contribution in [-0.4, -0.2) is 25.7 Å². The molecule has 0 heterocycles. The molecule has 0 aromatic rings. The largest absolute Gasteiger partial charge is 0.469 e. The molecule has 0 bridgehead atoms. The van der Waals surface area contributed by atoms with Crippen molar-refractivity contribution >= 4 is 5.97 Å². The fourth-order valence-electron chi connectivity index (χ4n) is 2.29. The van der Waals surface area contributed by atoms with Crippen molar-refractivity contribution < 1.29 is 9.53 Å². The predicted octanol–water partition coefficient (Wildman–Crippen LogP) is 2.50. The van der Waals surface area contributed by atoms with Crippen LogP contribution >= 0.6 is 0 Å². The zero-order valence-corrected chi connectivity index (χ0v) is 10.6. The lowest BCUT2D eigenvalue weighted by Gasteiger charge is -2.22. The maximum atomic E-state index is 11.2. The number of rotatable bonds is 4. The molecule has 0 unspecified atom stereocenters. The SMILES string of the molecule is COC(=O)[C@H](C)CNC1CCCCCCC1. The molecule has 3 nitrogen and oxygen atoms in total. The van der Waals surface area contributed by atoms with Gasteiger partial charge in [0, 0.05) is 12.6 Å². The molecule has 0 aromatic carbocycles. The van der Waals surface area contributed by atoms with Crippen LogP contribution in [-0.2, 0) is 9.53 Å². The molecule has 1 aliphatic carbocycles. The van der Waals surface area contributed by atoms with Crippen molar-refractivity contribution in [3.05, 3.63) is 0 Å². The van der Waals surface area contributed by atoms with Crippen LogP contribution in [0.15, 0.2) is 0 Å². The number of carbonyl (C=O) groups is 1. The zero-order valence-electron chi connectivity index (χ0n) is 10.6. The van der Waals surface area contributed by atoms with Gasteiger partial charge in [0.15, 0.2) is 0 Å². The molecule has 16 heavy (non-hydrogen) atoms. The molecule has 1 rings (SSSR count). The number of ether oxygens (including phenoxy) is 1. The van der Waals surface area contributed by atoms with E-state index in [0.29, 0.717) is 6.04 Å². The second-order valence-electron chi connectivity index (χ2n) is 4.87. The first-order chi connectivity index (χ1) is 7.74. The van der Waals surface area contributed by atoms with Gasteiger partial charge in [0.1, 0.15) is 0 Å². The lowest BCUT2D eigenvalue weighted by molar-refractivity contribution is -0.144. The van der Waals surface area contributed by atoms with E-state index in [-0.39, 0.29) is 11.9 Å². The Hall–Kier alpha value is -0.570. The summed E-state index contributed by atoms with van der Waals surface area (Å²) in [6.07, 6.45) is 9.29. The smallest absolute Gasteiger partial charge is 0.309 e. The molecule has 1 saturated carbocycles.